The number of rotatable bonds is 3. The predicted octanol–water partition coefficient (Wildman–Crippen LogP) is 1.56. The highest BCUT2D eigenvalue weighted by Gasteiger charge is 2.50. The molecule has 16 heavy (non-hydrogen) atoms. The molecule has 2 atom stereocenters. The molecule has 0 aliphatic heterocycles. The molecule has 0 saturated heterocycles. The Bertz CT molecular complexity index is 351. The smallest absolute Gasteiger partial charge is 0.218 e. The van der Waals surface area contributed by atoms with Gasteiger partial charge in [-0.25, -0.2) is 0 Å². The third-order valence-electron chi connectivity index (χ3n) is 2.77. The van der Waals surface area contributed by atoms with Crippen LogP contribution in [0, 0.1) is 17.2 Å². The number of ketones is 1. The Labute approximate surface area is 104 Å². The highest BCUT2D eigenvalue weighted by atomic mass is 35.5. The van der Waals surface area contributed by atoms with Gasteiger partial charge in [0.1, 0.15) is 10.6 Å². The van der Waals surface area contributed by atoms with Gasteiger partial charge in [0, 0.05) is 13.3 Å². The average Bonchev–Trinajstić information content (AvgIpc) is 2.60. The van der Waals surface area contributed by atoms with Gasteiger partial charge in [0.05, 0.1) is 12.0 Å². The van der Waals surface area contributed by atoms with E-state index < -0.39 is 22.2 Å². The van der Waals surface area contributed by atoms with E-state index >= 15 is 0 Å². The van der Waals surface area contributed by atoms with E-state index in [1.54, 1.807) is 0 Å². The molecule has 88 valence electrons. The number of carbonyl (C=O) groups excluding carboxylic acids is 2. The van der Waals surface area contributed by atoms with Crippen molar-refractivity contribution in [2.24, 2.45) is 5.92 Å². The number of amides is 1. The van der Waals surface area contributed by atoms with Gasteiger partial charge in [-0.1, -0.05) is 0 Å². The molecule has 1 aliphatic carbocycles. The van der Waals surface area contributed by atoms with Crippen molar-refractivity contribution < 1.29 is 9.59 Å². The molecule has 0 spiro atoms. The van der Waals surface area contributed by atoms with E-state index in [4.69, 9.17) is 23.2 Å². The van der Waals surface area contributed by atoms with E-state index in [-0.39, 0.29) is 5.78 Å². The molecule has 0 radical (unpaired) electrons. The Hall–Kier alpha value is -0.790. The van der Waals surface area contributed by atoms with Crippen molar-refractivity contribution in [3.8, 4) is 6.07 Å². The Morgan fingerprint density at radius 2 is 2.31 bits per heavy atom. The van der Waals surface area contributed by atoms with Crippen LogP contribution >= 0.6 is 23.2 Å². The number of alkyl halides is 2. The van der Waals surface area contributed by atoms with Gasteiger partial charge in [0.25, 0.3) is 0 Å². The summed E-state index contributed by atoms with van der Waals surface area (Å²) in [6.45, 7) is 1.27. The quantitative estimate of drug-likeness (QED) is 0.785. The third kappa shape index (κ3) is 2.31. The first kappa shape index (κ1) is 13.3. The van der Waals surface area contributed by atoms with Crippen LogP contribution in [0.5, 0.6) is 0 Å². The number of hydrogen-bond acceptors (Lipinski definition) is 3. The normalized spacial score (nSPS) is 23.9. The molecule has 1 amide bonds. The molecule has 6 heteroatoms. The second kappa shape index (κ2) is 5.03. The first-order valence-corrected chi connectivity index (χ1v) is 5.82. The molecule has 0 aromatic carbocycles. The third-order valence-corrected chi connectivity index (χ3v) is 3.45. The molecule has 0 aromatic heterocycles. The molecule has 1 saturated carbocycles. The van der Waals surface area contributed by atoms with E-state index in [2.05, 4.69) is 5.32 Å². The monoisotopic (exact) mass is 262 g/mol. The lowest BCUT2D eigenvalue weighted by atomic mass is 9.84. The Balaban J connectivity index is 3.07. The standard InChI is InChI=1S/C10H12Cl2N2O2/c1-6(15)14-10(5-13,9(11)12)7-3-2-4-8(7)16/h7,9H,2-4H2,1H3,(H,14,15)/t7-,10+/m1/s1. The number of nitrogens with zero attached hydrogens (tertiary/aromatic N) is 1. The summed E-state index contributed by atoms with van der Waals surface area (Å²) in [5, 5.41) is 11.6. The van der Waals surface area contributed by atoms with Crippen molar-refractivity contribution in [2.45, 2.75) is 36.6 Å². The van der Waals surface area contributed by atoms with Crippen LogP contribution in [0.3, 0.4) is 0 Å². The fourth-order valence-electron chi connectivity index (χ4n) is 2.04. The molecule has 0 heterocycles. The topological polar surface area (TPSA) is 70.0 Å². The molecule has 1 N–H and O–H groups in total. The lowest BCUT2D eigenvalue weighted by molar-refractivity contribution is -0.124. The number of halogens is 2. The minimum Gasteiger partial charge on any atom is -0.335 e. The molecule has 1 aliphatic rings. The maximum Gasteiger partial charge on any atom is 0.218 e. The Morgan fingerprint density at radius 1 is 1.69 bits per heavy atom. The van der Waals surface area contributed by atoms with Gasteiger partial charge in [-0.05, 0) is 12.8 Å². The van der Waals surface area contributed by atoms with Crippen LogP contribution in [0.2, 0.25) is 0 Å². The van der Waals surface area contributed by atoms with Gasteiger partial charge < -0.3 is 5.32 Å². The maximum atomic E-state index is 11.6. The zero-order valence-corrected chi connectivity index (χ0v) is 10.3. The molecular weight excluding hydrogens is 251 g/mol. The van der Waals surface area contributed by atoms with E-state index in [1.165, 1.54) is 6.92 Å². The van der Waals surface area contributed by atoms with Gasteiger partial charge in [0.2, 0.25) is 5.91 Å². The van der Waals surface area contributed by atoms with Crippen molar-refractivity contribution in [2.75, 3.05) is 0 Å². The van der Waals surface area contributed by atoms with Gasteiger partial charge in [0.15, 0.2) is 5.54 Å². The highest BCUT2D eigenvalue weighted by Crippen LogP contribution is 2.36. The van der Waals surface area contributed by atoms with Crippen LogP contribution in [0.4, 0.5) is 0 Å². The molecule has 1 rings (SSSR count). The minimum absolute atomic E-state index is 0.0680. The summed E-state index contributed by atoms with van der Waals surface area (Å²) in [4.78, 5) is 21.6. The largest absolute Gasteiger partial charge is 0.335 e. The first-order chi connectivity index (χ1) is 7.44. The van der Waals surface area contributed by atoms with Gasteiger partial charge in [-0.3, -0.25) is 9.59 Å². The SMILES string of the molecule is CC(=O)N[C@](C#N)(C(Cl)Cl)[C@@H]1CCCC1=O. The van der Waals surface area contributed by atoms with Crippen LogP contribution in [0.25, 0.3) is 0 Å². The van der Waals surface area contributed by atoms with Gasteiger partial charge in [-0.2, -0.15) is 5.26 Å². The number of Topliss-reactive ketones (excluding diaryl/α,β-unsaturated/α-hetero) is 1. The summed E-state index contributed by atoms with van der Waals surface area (Å²) >= 11 is 11.5. The zero-order chi connectivity index (χ0) is 12.3. The van der Waals surface area contributed by atoms with Gasteiger partial charge in [-0.15, -0.1) is 23.2 Å². The molecule has 0 bridgehead atoms. The van der Waals surface area contributed by atoms with Crippen molar-refractivity contribution in [3.05, 3.63) is 0 Å². The van der Waals surface area contributed by atoms with Crippen LogP contribution in [-0.2, 0) is 9.59 Å². The summed E-state index contributed by atoms with van der Waals surface area (Å²) < 4.78 is 0. The number of carbonyl (C=O) groups is 2. The lowest BCUT2D eigenvalue weighted by Crippen LogP contribution is -2.58. The number of nitrogens with one attached hydrogen (secondary N) is 1. The van der Waals surface area contributed by atoms with E-state index in [9.17, 15) is 14.9 Å². The first-order valence-electron chi connectivity index (χ1n) is 4.95. The fourth-order valence-corrected chi connectivity index (χ4v) is 2.55. The summed E-state index contributed by atoms with van der Waals surface area (Å²) in [5.74, 6) is -1.10. The molecule has 0 aromatic rings. The number of nitriles is 1. The predicted molar refractivity (Wildman–Crippen MR) is 60.0 cm³/mol. The van der Waals surface area contributed by atoms with Crippen molar-refractivity contribution in [1.29, 1.82) is 5.26 Å². The Kier molecular flexibility index (Phi) is 4.17. The van der Waals surface area contributed by atoms with Crippen LogP contribution in [0.1, 0.15) is 26.2 Å². The zero-order valence-electron chi connectivity index (χ0n) is 8.80. The maximum absolute atomic E-state index is 11.6. The second-order valence-corrected chi connectivity index (χ2v) is 4.97. The molecule has 4 nitrogen and oxygen atoms in total. The minimum atomic E-state index is -1.50. The molecule has 0 unspecified atom stereocenters. The lowest BCUT2D eigenvalue weighted by Gasteiger charge is -2.33. The van der Waals surface area contributed by atoms with Crippen molar-refractivity contribution in [1.82, 2.24) is 5.32 Å². The van der Waals surface area contributed by atoms with Gasteiger partial charge >= 0.3 is 0 Å². The van der Waals surface area contributed by atoms with E-state index in [0.29, 0.717) is 19.3 Å². The summed E-state index contributed by atoms with van der Waals surface area (Å²) in [6.07, 6.45) is 1.64. The summed E-state index contributed by atoms with van der Waals surface area (Å²) in [5.41, 5.74) is -1.50. The summed E-state index contributed by atoms with van der Waals surface area (Å²) in [6, 6.07) is 1.90. The van der Waals surface area contributed by atoms with Crippen molar-refractivity contribution >= 4 is 34.9 Å². The van der Waals surface area contributed by atoms with E-state index in [0.717, 1.165) is 0 Å². The Morgan fingerprint density at radius 3 is 2.62 bits per heavy atom. The van der Waals surface area contributed by atoms with Crippen LogP contribution in [0.15, 0.2) is 0 Å². The fraction of sp³-hybridized carbons (Fsp3) is 0.700. The average molecular weight is 263 g/mol. The van der Waals surface area contributed by atoms with Crippen molar-refractivity contribution in [3.63, 3.8) is 0 Å². The second-order valence-electron chi connectivity index (χ2n) is 3.87. The summed E-state index contributed by atoms with van der Waals surface area (Å²) in [7, 11) is 0. The van der Waals surface area contributed by atoms with E-state index in [1.807, 2.05) is 6.07 Å². The van der Waals surface area contributed by atoms with Crippen LogP contribution < -0.4 is 5.32 Å². The van der Waals surface area contributed by atoms with Crippen LogP contribution in [-0.4, -0.2) is 22.1 Å². The number of hydrogen-bond donors (Lipinski definition) is 1. The molecule has 1 fully saturated rings. The highest BCUT2D eigenvalue weighted by molar-refractivity contribution is 6.45. The molecular formula is C10H12Cl2N2O2.